The zero-order valence-electron chi connectivity index (χ0n) is 12.1. The summed E-state index contributed by atoms with van der Waals surface area (Å²) >= 11 is 0. The maximum atomic E-state index is 12.4. The number of para-hydroxylation sites is 2. The maximum Gasteiger partial charge on any atom is 0.261 e. The first-order chi connectivity index (χ1) is 11.2. The van der Waals surface area contributed by atoms with Gasteiger partial charge in [0.1, 0.15) is 5.58 Å². The molecule has 0 bridgehead atoms. The monoisotopic (exact) mass is 304 g/mol. The Hall–Kier alpha value is -3.21. The van der Waals surface area contributed by atoms with Gasteiger partial charge in [-0.1, -0.05) is 30.3 Å². The van der Waals surface area contributed by atoms with Gasteiger partial charge in [-0.05, 0) is 24.3 Å². The summed E-state index contributed by atoms with van der Waals surface area (Å²) in [5.74, 6) is -0.0216. The van der Waals surface area contributed by atoms with Crippen molar-refractivity contribution in [3.05, 3.63) is 77.0 Å². The lowest BCUT2D eigenvalue weighted by molar-refractivity contribution is 0.0945. The van der Waals surface area contributed by atoms with Gasteiger partial charge in [0.05, 0.1) is 23.8 Å². The number of carbonyl (C=O) groups excluding carboxylic acids is 1. The van der Waals surface area contributed by atoms with E-state index in [1.165, 1.54) is 10.9 Å². The number of rotatable bonds is 3. The largest absolute Gasteiger partial charge is 0.453 e. The molecule has 0 atom stereocenters. The minimum atomic E-state index is -0.264. The van der Waals surface area contributed by atoms with Gasteiger partial charge in [-0.25, -0.2) is 4.98 Å². The van der Waals surface area contributed by atoms with Gasteiger partial charge in [-0.3, -0.25) is 14.2 Å². The van der Waals surface area contributed by atoms with Gasteiger partial charge in [0.25, 0.3) is 5.56 Å². The van der Waals surface area contributed by atoms with Crippen LogP contribution in [-0.2, 0) is 6.54 Å². The summed E-state index contributed by atoms with van der Waals surface area (Å²) in [6.07, 6.45) is 1.39. The summed E-state index contributed by atoms with van der Waals surface area (Å²) in [5.41, 5.74) is 1.03. The van der Waals surface area contributed by atoms with Crippen molar-refractivity contribution < 1.29 is 9.21 Å². The van der Waals surface area contributed by atoms with E-state index in [1.807, 2.05) is 24.3 Å². The molecule has 2 aromatic carbocycles. The Labute approximate surface area is 130 Å². The van der Waals surface area contributed by atoms with Crippen LogP contribution in [0.5, 0.6) is 0 Å². The molecule has 0 aliphatic rings. The fraction of sp³-hybridized carbons (Fsp3) is 0.0556. The molecule has 0 N–H and O–H groups in total. The van der Waals surface area contributed by atoms with Crippen LogP contribution in [-0.4, -0.2) is 15.3 Å². The third-order valence-electron chi connectivity index (χ3n) is 3.75. The Kier molecular flexibility index (Phi) is 3.05. The van der Waals surface area contributed by atoms with Gasteiger partial charge in [-0.15, -0.1) is 0 Å². The minimum Gasteiger partial charge on any atom is -0.453 e. The molecule has 2 heterocycles. The summed E-state index contributed by atoms with van der Waals surface area (Å²) in [4.78, 5) is 29.0. The second-order valence-corrected chi connectivity index (χ2v) is 5.27. The number of fused-ring (bicyclic) bond motifs is 2. The zero-order valence-corrected chi connectivity index (χ0v) is 12.1. The lowest BCUT2D eigenvalue weighted by Gasteiger charge is -2.04. The molecule has 0 saturated carbocycles. The van der Waals surface area contributed by atoms with Crippen LogP contribution in [0.3, 0.4) is 0 Å². The molecule has 0 unspecified atom stereocenters. The molecule has 112 valence electrons. The molecule has 0 spiro atoms. The second-order valence-electron chi connectivity index (χ2n) is 5.27. The molecule has 0 fully saturated rings. The minimum absolute atomic E-state index is 0.101. The predicted octanol–water partition coefficient (Wildman–Crippen LogP) is 3.03. The van der Waals surface area contributed by atoms with Crippen LogP contribution in [0.15, 0.2) is 70.1 Å². The number of Topliss-reactive ketones (excluding diaryl/α,β-unsaturated/α-hetero) is 1. The van der Waals surface area contributed by atoms with E-state index < -0.39 is 0 Å². The first-order valence-corrected chi connectivity index (χ1v) is 7.18. The van der Waals surface area contributed by atoms with E-state index in [0.717, 1.165) is 5.39 Å². The van der Waals surface area contributed by atoms with E-state index in [1.54, 1.807) is 30.3 Å². The Morgan fingerprint density at radius 3 is 2.74 bits per heavy atom. The van der Waals surface area contributed by atoms with Crippen LogP contribution in [0.25, 0.3) is 21.9 Å². The molecule has 23 heavy (non-hydrogen) atoms. The van der Waals surface area contributed by atoms with E-state index in [2.05, 4.69) is 4.98 Å². The molecule has 5 nitrogen and oxygen atoms in total. The topological polar surface area (TPSA) is 65.1 Å². The highest BCUT2D eigenvalue weighted by Crippen LogP contribution is 2.19. The summed E-state index contributed by atoms with van der Waals surface area (Å²) < 4.78 is 6.85. The van der Waals surface area contributed by atoms with Crippen molar-refractivity contribution in [3.8, 4) is 0 Å². The molecule has 0 aliphatic heterocycles. The van der Waals surface area contributed by atoms with Gasteiger partial charge in [0, 0.05) is 5.39 Å². The lowest BCUT2D eigenvalue weighted by Crippen LogP contribution is -2.24. The standard InChI is InChI=1S/C18H12N2O3/c21-15(17-9-12-5-1-4-8-16(12)23-17)10-20-11-19-14-7-3-2-6-13(14)18(20)22/h1-9,11H,10H2. The Balaban J connectivity index is 1.71. The van der Waals surface area contributed by atoms with E-state index >= 15 is 0 Å². The van der Waals surface area contributed by atoms with Crippen molar-refractivity contribution >= 4 is 27.7 Å². The van der Waals surface area contributed by atoms with Gasteiger partial charge in [-0.2, -0.15) is 0 Å². The van der Waals surface area contributed by atoms with Gasteiger partial charge < -0.3 is 4.42 Å². The fourth-order valence-electron chi connectivity index (χ4n) is 2.57. The Morgan fingerprint density at radius 1 is 1.09 bits per heavy atom. The van der Waals surface area contributed by atoms with Crippen molar-refractivity contribution in [1.82, 2.24) is 9.55 Å². The molecule has 4 aromatic rings. The first-order valence-electron chi connectivity index (χ1n) is 7.18. The van der Waals surface area contributed by atoms with E-state index in [-0.39, 0.29) is 23.6 Å². The van der Waals surface area contributed by atoms with Crippen molar-refractivity contribution in [1.29, 1.82) is 0 Å². The number of hydrogen-bond donors (Lipinski definition) is 0. The van der Waals surface area contributed by atoms with E-state index in [4.69, 9.17) is 4.42 Å². The van der Waals surface area contributed by atoms with Crippen LogP contribution < -0.4 is 5.56 Å². The molecular formula is C18H12N2O3. The number of aromatic nitrogens is 2. The van der Waals surface area contributed by atoms with Crippen molar-refractivity contribution in [2.45, 2.75) is 6.54 Å². The SMILES string of the molecule is O=C(Cn1cnc2ccccc2c1=O)c1cc2ccccc2o1. The molecule has 0 aliphatic carbocycles. The van der Waals surface area contributed by atoms with Gasteiger partial charge in [0.15, 0.2) is 5.76 Å². The highest BCUT2D eigenvalue weighted by Gasteiger charge is 2.14. The van der Waals surface area contributed by atoms with Crippen molar-refractivity contribution in [2.24, 2.45) is 0 Å². The smallest absolute Gasteiger partial charge is 0.261 e. The third kappa shape index (κ3) is 2.32. The summed E-state index contributed by atoms with van der Waals surface area (Å²) in [6, 6.07) is 16.2. The summed E-state index contributed by atoms with van der Waals surface area (Å²) in [5, 5.41) is 1.35. The van der Waals surface area contributed by atoms with Crippen molar-refractivity contribution in [2.75, 3.05) is 0 Å². The lowest BCUT2D eigenvalue weighted by atomic mass is 10.2. The average Bonchev–Trinajstić information content (AvgIpc) is 3.02. The zero-order chi connectivity index (χ0) is 15.8. The summed E-state index contributed by atoms with van der Waals surface area (Å²) in [7, 11) is 0. The maximum absolute atomic E-state index is 12.4. The van der Waals surface area contributed by atoms with Crippen LogP contribution >= 0.6 is 0 Å². The highest BCUT2D eigenvalue weighted by molar-refractivity contribution is 5.97. The molecule has 2 aromatic heterocycles. The Bertz CT molecular complexity index is 1060. The van der Waals surface area contributed by atoms with Gasteiger partial charge >= 0.3 is 0 Å². The fourth-order valence-corrected chi connectivity index (χ4v) is 2.57. The molecule has 0 saturated heterocycles. The second kappa shape index (κ2) is 5.21. The molecule has 0 radical (unpaired) electrons. The number of ketones is 1. The summed E-state index contributed by atoms with van der Waals surface area (Å²) in [6.45, 7) is -0.101. The number of benzene rings is 2. The average molecular weight is 304 g/mol. The quantitative estimate of drug-likeness (QED) is 0.546. The number of nitrogens with zero attached hydrogens (tertiary/aromatic N) is 2. The molecule has 0 amide bonds. The van der Waals surface area contributed by atoms with Crippen molar-refractivity contribution in [3.63, 3.8) is 0 Å². The molecular weight excluding hydrogens is 292 g/mol. The molecule has 4 rings (SSSR count). The van der Waals surface area contributed by atoms with Crippen LogP contribution in [0, 0.1) is 0 Å². The van der Waals surface area contributed by atoms with Gasteiger partial charge in [0.2, 0.25) is 5.78 Å². The van der Waals surface area contributed by atoms with Crippen LogP contribution in [0.1, 0.15) is 10.6 Å². The number of carbonyl (C=O) groups is 1. The molecule has 5 heteroatoms. The predicted molar refractivity (Wildman–Crippen MR) is 86.5 cm³/mol. The highest BCUT2D eigenvalue weighted by atomic mass is 16.3. The normalized spacial score (nSPS) is 11.1. The van der Waals surface area contributed by atoms with Crippen LogP contribution in [0.2, 0.25) is 0 Å². The third-order valence-corrected chi connectivity index (χ3v) is 3.75. The Morgan fingerprint density at radius 2 is 1.87 bits per heavy atom. The number of furan rings is 1. The number of hydrogen-bond acceptors (Lipinski definition) is 4. The van der Waals surface area contributed by atoms with E-state index in [0.29, 0.717) is 16.5 Å². The van der Waals surface area contributed by atoms with Crippen LogP contribution in [0.4, 0.5) is 0 Å². The van der Waals surface area contributed by atoms with E-state index in [9.17, 15) is 9.59 Å². The first kappa shape index (κ1) is 13.5.